The Labute approximate surface area is 181 Å². The summed E-state index contributed by atoms with van der Waals surface area (Å²) in [7, 11) is 1.40. The molecule has 1 unspecified atom stereocenters. The summed E-state index contributed by atoms with van der Waals surface area (Å²) in [6.45, 7) is 3.02. The van der Waals surface area contributed by atoms with Crippen LogP contribution in [-0.2, 0) is 9.53 Å². The fraction of sp³-hybridized carbons (Fsp3) is 0.381. The average molecular weight is 432 g/mol. The minimum Gasteiger partial charge on any atom is -0.469 e. The van der Waals surface area contributed by atoms with E-state index in [0.717, 1.165) is 24.0 Å². The van der Waals surface area contributed by atoms with E-state index in [4.69, 9.17) is 15.9 Å². The van der Waals surface area contributed by atoms with Gasteiger partial charge in [-0.05, 0) is 24.3 Å². The molecule has 1 saturated heterocycles. The maximum Gasteiger partial charge on any atom is 0.308 e. The monoisotopic (exact) mass is 431 g/mol. The zero-order chi connectivity index (χ0) is 21.0. The Bertz CT molecular complexity index is 894. The van der Waals surface area contributed by atoms with Gasteiger partial charge >= 0.3 is 5.97 Å². The number of rotatable bonds is 5. The summed E-state index contributed by atoms with van der Waals surface area (Å²) < 4.78 is 4.82. The van der Waals surface area contributed by atoms with Crippen LogP contribution in [0.5, 0.6) is 0 Å². The van der Waals surface area contributed by atoms with Crippen molar-refractivity contribution in [1.29, 1.82) is 5.41 Å². The molecule has 2 aromatic rings. The molecular weight excluding hydrogens is 406 g/mol. The minimum absolute atomic E-state index is 0. The van der Waals surface area contributed by atoms with Gasteiger partial charge < -0.3 is 15.4 Å². The molecule has 2 heterocycles. The Balaban J connectivity index is 0.00000320. The molecule has 1 atom stereocenters. The zero-order valence-corrected chi connectivity index (χ0v) is 17.8. The van der Waals surface area contributed by atoms with Gasteiger partial charge in [0.15, 0.2) is 0 Å². The number of nitrogens with two attached hydrogens (primary N) is 1. The number of nitrogens with one attached hydrogen (secondary N) is 1. The SMILES string of the molecule is COC(=O)C(C)C1CCN(C(=O)c2ncc(-c3ccc(C(=N)N)cc3)cn2)CC1.Cl. The minimum atomic E-state index is -0.204. The summed E-state index contributed by atoms with van der Waals surface area (Å²) in [6, 6.07) is 7.20. The highest BCUT2D eigenvalue weighted by atomic mass is 35.5. The molecule has 0 spiro atoms. The number of methoxy groups -OCH3 is 1. The van der Waals surface area contributed by atoms with Crippen LogP contribution in [0, 0.1) is 17.2 Å². The van der Waals surface area contributed by atoms with Gasteiger partial charge in [0, 0.05) is 36.6 Å². The highest BCUT2D eigenvalue weighted by Gasteiger charge is 2.31. The lowest BCUT2D eigenvalue weighted by Gasteiger charge is -2.33. The number of halogens is 1. The second-order valence-electron chi connectivity index (χ2n) is 7.23. The van der Waals surface area contributed by atoms with E-state index in [1.165, 1.54) is 7.11 Å². The van der Waals surface area contributed by atoms with E-state index in [9.17, 15) is 9.59 Å². The summed E-state index contributed by atoms with van der Waals surface area (Å²) in [5, 5.41) is 7.44. The van der Waals surface area contributed by atoms with E-state index < -0.39 is 0 Å². The van der Waals surface area contributed by atoms with Crippen LogP contribution in [0.15, 0.2) is 36.7 Å². The lowest BCUT2D eigenvalue weighted by molar-refractivity contribution is -0.147. The standard InChI is InChI=1S/C21H25N5O3.ClH/c1-13(21(28)29-2)14-7-9-26(10-8-14)20(27)19-24-11-17(12-25-19)15-3-5-16(6-4-15)18(22)23;/h3-6,11-14H,7-10H2,1-2H3,(H3,22,23);1H. The lowest BCUT2D eigenvalue weighted by atomic mass is 9.85. The number of aromatic nitrogens is 2. The molecule has 1 aliphatic rings. The maximum absolute atomic E-state index is 12.7. The van der Waals surface area contributed by atoms with Crippen molar-refractivity contribution in [3.63, 3.8) is 0 Å². The first-order chi connectivity index (χ1) is 13.9. The van der Waals surface area contributed by atoms with Crippen LogP contribution in [0.25, 0.3) is 11.1 Å². The van der Waals surface area contributed by atoms with Crippen molar-refractivity contribution < 1.29 is 14.3 Å². The number of hydrogen-bond acceptors (Lipinski definition) is 6. The first kappa shape index (κ1) is 23.3. The van der Waals surface area contributed by atoms with Crippen molar-refractivity contribution in [2.24, 2.45) is 17.6 Å². The van der Waals surface area contributed by atoms with E-state index in [0.29, 0.717) is 18.7 Å². The molecule has 1 fully saturated rings. The van der Waals surface area contributed by atoms with Gasteiger partial charge in [0.25, 0.3) is 5.91 Å². The van der Waals surface area contributed by atoms with Crippen molar-refractivity contribution in [3.05, 3.63) is 48.0 Å². The van der Waals surface area contributed by atoms with Crippen LogP contribution >= 0.6 is 12.4 Å². The second-order valence-corrected chi connectivity index (χ2v) is 7.23. The van der Waals surface area contributed by atoms with Crippen LogP contribution in [0.4, 0.5) is 0 Å². The van der Waals surface area contributed by atoms with Gasteiger partial charge in [-0.1, -0.05) is 31.2 Å². The molecule has 8 nitrogen and oxygen atoms in total. The number of nitrogens with zero attached hydrogens (tertiary/aromatic N) is 3. The van der Waals surface area contributed by atoms with Crippen molar-refractivity contribution in [2.75, 3.05) is 20.2 Å². The molecule has 0 saturated carbocycles. The summed E-state index contributed by atoms with van der Waals surface area (Å²) in [6.07, 6.45) is 4.75. The van der Waals surface area contributed by atoms with Crippen LogP contribution in [0.1, 0.15) is 35.9 Å². The molecule has 1 aromatic carbocycles. The van der Waals surface area contributed by atoms with E-state index in [2.05, 4.69) is 9.97 Å². The number of carbonyl (C=O) groups is 2. The van der Waals surface area contributed by atoms with Crippen molar-refractivity contribution in [1.82, 2.24) is 14.9 Å². The molecule has 0 aliphatic carbocycles. The molecule has 1 aliphatic heterocycles. The Morgan fingerprint density at radius 1 is 1.13 bits per heavy atom. The third kappa shape index (κ3) is 5.13. The fourth-order valence-corrected chi connectivity index (χ4v) is 3.55. The van der Waals surface area contributed by atoms with E-state index in [1.807, 2.05) is 19.1 Å². The van der Waals surface area contributed by atoms with E-state index >= 15 is 0 Å². The van der Waals surface area contributed by atoms with Gasteiger partial charge in [0.05, 0.1) is 13.0 Å². The predicted molar refractivity (Wildman–Crippen MR) is 116 cm³/mol. The number of ether oxygens (including phenoxy) is 1. The highest BCUT2D eigenvalue weighted by molar-refractivity contribution is 5.95. The number of likely N-dealkylation sites (tertiary alicyclic amines) is 1. The smallest absolute Gasteiger partial charge is 0.308 e. The van der Waals surface area contributed by atoms with E-state index in [1.54, 1.807) is 29.4 Å². The molecule has 30 heavy (non-hydrogen) atoms. The Morgan fingerprint density at radius 2 is 1.70 bits per heavy atom. The number of hydrogen-bond donors (Lipinski definition) is 2. The van der Waals surface area contributed by atoms with Gasteiger partial charge in [-0.25, -0.2) is 9.97 Å². The highest BCUT2D eigenvalue weighted by Crippen LogP contribution is 2.26. The van der Waals surface area contributed by atoms with Crippen molar-refractivity contribution in [2.45, 2.75) is 19.8 Å². The Morgan fingerprint density at radius 3 is 2.20 bits per heavy atom. The van der Waals surface area contributed by atoms with Gasteiger partial charge in [0.1, 0.15) is 5.84 Å². The fourth-order valence-electron chi connectivity index (χ4n) is 3.55. The lowest BCUT2D eigenvalue weighted by Crippen LogP contribution is -2.41. The molecule has 1 amide bonds. The second kappa shape index (κ2) is 10.2. The number of amidine groups is 1. The number of carbonyl (C=O) groups excluding carboxylic acids is 2. The summed E-state index contributed by atoms with van der Waals surface area (Å²) in [5.41, 5.74) is 7.77. The third-order valence-corrected chi connectivity index (χ3v) is 5.48. The normalized spacial score (nSPS) is 15.1. The quantitative estimate of drug-likeness (QED) is 0.426. The maximum atomic E-state index is 12.7. The molecule has 160 valence electrons. The predicted octanol–water partition coefficient (Wildman–Crippen LogP) is 2.51. The van der Waals surface area contributed by atoms with Crippen LogP contribution in [-0.4, -0.2) is 52.8 Å². The number of amides is 1. The van der Waals surface area contributed by atoms with Gasteiger partial charge in [-0.2, -0.15) is 0 Å². The van der Waals surface area contributed by atoms with Gasteiger partial charge in [-0.3, -0.25) is 15.0 Å². The largest absolute Gasteiger partial charge is 0.469 e. The Kier molecular flexibility index (Phi) is 7.88. The van der Waals surface area contributed by atoms with Crippen LogP contribution < -0.4 is 5.73 Å². The zero-order valence-electron chi connectivity index (χ0n) is 17.0. The number of nitrogen functional groups attached to an aromatic ring is 1. The Hall–Kier alpha value is -3.00. The van der Waals surface area contributed by atoms with Gasteiger partial charge in [0.2, 0.25) is 5.82 Å². The van der Waals surface area contributed by atoms with Crippen molar-refractivity contribution in [3.8, 4) is 11.1 Å². The molecule has 0 radical (unpaired) electrons. The van der Waals surface area contributed by atoms with Crippen LogP contribution in [0.2, 0.25) is 0 Å². The molecule has 3 N–H and O–H groups in total. The summed E-state index contributed by atoms with van der Waals surface area (Å²) in [4.78, 5) is 34.6. The van der Waals surface area contributed by atoms with Crippen molar-refractivity contribution >= 4 is 30.1 Å². The summed E-state index contributed by atoms with van der Waals surface area (Å²) in [5.74, 6) is -0.181. The first-order valence-electron chi connectivity index (χ1n) is 9.54. The molecule has 9 heteroatoms. The molecule has 1 aromatic heterocycles. The third-order valence-electron chi connectivity index (χ3n) is 5.48. The average Bonchev–Trinajstić information content (AvgIpc) is 2.77. The van der Waals surface area contributed by atoms with Crippen LogP contribution in [0.3, 0.4) is 0 Å². The van der Waals surface area contributed by atoms with E-state index in [-0.39, 0.29) is 47.8 Å². The summed E-state index contributed by atoms with van der Waals surface area (Å²) >= 11 is 0. The molecule has 0 bridgehead atoms. The topological polar surface area (TPSA) is 122 Å². The van der Waals surface area contributed by atoms with Gasteiger partial charge in [-0.15, -0.1) is 12.4 Å². The molecular formula is C21H26ClN5O3. The molecule has 3 rings (SSSR count). The number of esters is 1. The first-order valence-corrected chi connectivity index (χ1v) is 9.54. The number of piperidine rings is 1. The number of benzene rings is 1.